The first-order chi connectivity index (χ1) is 8.60. The molecule has 1 aromatic rings. The zero-order valence-corrected chi connectivity index (χ0v) is 12.0. The van der Waals surface area contributed by atoms with Crippen LogP contribution < -0.4 is 10.6 Å². The third-order valence-corrected chi connectivity index (χ3v) is 4.89. The Hall–Kier alpha value is -0.940. The molecule has 0 atom stereocenters. The van der Waals surface area contributed by atoms with Gasteiger partial charge in [-0.25, -0.2) is 4.98 Å². The van der Waals surface area contributed by atoms with Gasteiger partial charge in [0.1, 0.15) is 5.82 Å². The second-order valence-corrected chi connectivity index (χ2v) is 6.05. The van der Waals surface area contributed by atoms with Gasteiger partial charge in [-0.1, -0.05) is 11.6 Å². The van der Waals surface area contributed by atoms with Crippen LogP contribution >= 0.6 is 23.4 Å². The van der Waals surface area contributed by atoms with E-state index in [0.29, 0.717) is 22.9 Å². The Morgan fingerprint density at radius 3 is 2.89 bits per heavy atom. The van der Waals surface area contributed by atoms with Crippen molar-refractivity contribution in [3.05, 3.63) is 22.8 Å². The zero-order chi connectivity index (χ0) is 13.2. The Balaban J connectivity index is 2.04. The summed E-state index contributed by atoms with van der Waals surface area (Å²) in [6, 6.07) is 1.66. The summed E-state index contributed by atoms with van der Waals surface area (Å²) >= 11 is 7.81. The highest BCUT2D eigenvalue weighted by molar-refractivity contribution is 8.00. The topological polar surface area (TPSA) is 54.0 Å². The van der Waals surface area contributed by atoms with Gasteiger partial charge in [0.25, 0.3) is 5.91 Å². The van der Waals surface area contributed by atoms with Crippen molar-refractivity contribution in [3.8, 4) is 0 Å². The van der Waals surface area contributed by atoms with E-state index < -0.39 is 0 Å². The number of halogens is 1. The number of nitrogens with zero attached hydrogens (tertiary/aromatic N) is 1. The minimum atomic E-state index is -0.140. The van der Waals surface area contributed by atoms with Crippen LogP contribution in [0.15, 0.2) is 12.3 Å². The van der Waals surface area contributed by atoms with Gasteiger partial charge in [0, 0.05) is 24.5 Å². The molecule has 1 aromatic heterocycles. The van der Waals surface area contributed by atoms with Gasteiger partial charge >= 0.3 is 0 Å². The first kappa shape index (κ1) is 13.5. The molecule has 2 N–H and O–H groups in total. The Labute approximate surface area is 116 Å². The van der Waals surface area contributed by atoms with Crippen molar-refractivity contribution >= 4 is 35.1 Å². The highest BCUT2D eigenvalue weighted by Gasteiger charge is 2.42. The van der Waals surface area contributed by atoms with Gasteiger partial charge in [-0.15, -0.1) is 0 Å². The van der Waals surface area contributed by atoms with Crippen molar-refractivity contribution in [2.45, 2.75) is 17.6 Å². The molecule has 0 saturated heterocycles. The minimum Gasteiger partial charge on any atom is -0.373 e. The average molecular weight is 286 g/mol. The summed E-state index contributed by atoms with van der Waals surface area (Å²) in [4.78, 5) is 16.1. The molecule has 0 spiro atoms. The Morgan fingerprint density at radius 1 is 1.61 bits per heavy atom. The van der Waals surface area contributed by atoms with E-state index in [-0.39, 0.29) is 10.7 Å². The van der Waals surface area contributed by atoms with Crippen molar-refractivity contribution < 1.29 is 4.79 Å². The molecule has 1 fully saturated rings. The van der Waals surface area contributed by atoms with Crippen LogP contribution in [0.5, 0.6) is 0 Å². The number of pyridine rings is 1. The maximum atomic E-state index is 12.1. The van der Waals surface area contributed by atoms with Crippen molar-refractivity contribution in [1.29, 1.82) is 0 Å². The van der Waals surface area contributed by atoms with Gasteiger partial charge in [-0.3, -0.25) is 4.79 Å². The fraction of sp³-hybridized carbons (Fsp3) is 0.500. The molecule has 1 aliphatic rings. The fourth-order valence-electron chi connectivity index (χ4n) is 1.68. The molecule has 0 bridgehead atoms. The summed E-state index contributed by atoms with van der Waals surface area (Å²) in [5.74, 6) is 0.495. The monoisotopic (exact) mass is 285 g/mol. The molecule has 1 saturated carbocycles. The molecule has 18 heavy (non-hydrogen) atoms. The number of anilines is 1. The summed E-state index contributed by atoms with van der Waals surface area (Å²) < 4.78 is 0.251. The zero-order valence-electron chi connectivity index (χ0n) is 10.4. The van der Waals surface area contributed by atoms with E-state index in [0.717, 1.165) is 0 Å². The van der Waals surface area contributed by atoms with Crippen molar-refractivity contribution in [1.82, 2.24) is 10.3 Å². The molecule has 0 aliphatic heterocycles. The maximum absolute atomic E-state index is 12.1. The number of hydrogen-bond donors (Lipinski definition) is 2. The van der Waals surface area contributed by atoms with Crippen molar-refractivity contribution in [2.75, 3.05) is 25.2 Å². The van der Waals surface area contributed by atoms with E-state index >= 15 is 0 Å². The van der Waals surface area contributed by atoms with E-state index in [2.05, 4.69) is 21.9 Å². The lowest BCUT2D eigenvalue weighted by molar-refractivity contribution is 0.0953. The molecule has 2 rings (SSSR count). The summed E-state index contributed by atoms with van der Waals surface area (Å²) in [6.07, 6.45) is 5.90. The van der Waals surface area contributed by atoms with Crippen LogP contribution in [0.1, 0.15) is 23.2 Å². The van der Waals surface area contributed by atoms with E-state index in [1.54, 1.807) is 13.1 Å². The molecule has 1 heterocycles. The van der Waals surface area contributed by atoms with Crippen LogP contribution in [0.25, 0.3) is 0 Å². The van der Waals surface area contributed by atoms with Crippen molar-refractivity contribution in [3.63, 3.8) is 0 Å². The number of rotatable bonds is 5. The Bertz CT molecular complexity index is 463. The number of hydrogen-bond acceptors (Lipinski definition) is 4. The molecule has 0 radical (unpaired) electrons. The number of nitrogens with one attached hydrogen (secondary N) is 2. The Morgan fingerprint density at radius 2 is 2.33 bits per heavy atom. The molecular formula is C12H16ClN3OS. The lowest BCUT2D eigenvalue weighted by atomic mass is 10.2. The van der Waals surface area contributed by atoms with Gasteiger partial charge in [-0.05, 0) is 25.2 Å². The number of carbonyl (C=O) groups excluding carboxylic acids is 1. The van der Waals surface area contributed by atoms with Crippen LogP contribution in [-0.2, 0) is 0 Å². The number of amides is 1. The standard InChI is InChI=1S/C12H16ClN3OS/c1-14-10-5-8(9(13)6-15-10)11(17)16-7-12(18-2)3-4-12/h5-6H,3-4,7H2,1-2H3,(H,14,15)(H,16,17). The molecule has 0 aromatic carbocycles. The first-order valence-electron chi connectivity index (χ1n) is 5.77. The maximum Gasteiger partial charge on any atom is 0.253 e. The SMILES string of the molecule is CNc1cc(C(=O)NCC2(SC)CC2)c(Cl)cn1. The van der Waals surface area contributed by atoms with Gasteiger partial charge in [0.2, 0.25) is 0 Å². The van der Waals surface area contributed by atoms with E-state index in [1.807, 2.05) is 11.8 Å². The number of thioether (sulfide) groups is 1. The fourth-order valence-corrected chi connectivity index (χ4v) is 2.59. The van der Waals surface area contributed by atoms with Gasteiger partial charge < -0.3 is 10.6 Å². The number of aromatic nitrogens is 1. The lowest BCUT2D eigenvalue weighted by Gasteiger charge is -2.13. The second kappa shape index (κ2) is 5.36. The van der Waals surface area contributed by atoms with Crippen LogP contribution in [-0.4, -0.2) is 35.5 Å². The molecule has 4 nitrogen and oxygen atoms in total. The molecule has 6 heteroatoms. The normalized spacial score (nSPS) is 16.2. The van der Waals surface area contributed by atoms with Crippen LogP contribution in [0.3, 0.4) is 0 Å². The lowest BCUT2D eigenvalue weighted by Crippen LogP contribution is -2.31. The molecule has 0 unspecified atom stereocenters. The van der Waals surface area contributed by atoms with E-state index in [4.69, 9.17) is 11.6 Å². The molecular weight excluding hydrogens is 270 g/mol. The van der Waals surface area contributed by atoms with Crippen LogP contribution in [0, 0.1) is 0 Å². The summed E-state index contributed by atoms with van der Waals surface area (Å²) in [5.41, 5.74) is 0.466. The minimum absolute atomic E-state index is 0.140. The van der Waals surface area contributed by atoms with Gasteiger partial charge in [0.15, 0.2) is 0 Å². The summed E-state index contributed by atoms with van der Waals surface area (Å²) in [7, 11) is 1.75. The van der Waals surface area contributed by atoms with Gasteiger partial charge in [-0.2, -0.15) is 11.8 Å². The van der Waals surface area contributed by atoms with Crippen LogP contribution in [0.2, 0.25) is 5.02 Å². The molecule has 1 aliphatic carbocycles. The second-order valence-electron chi connectivity index (χ2n) is 4.37. The highest BCUT2D eigenvalue weighted by Crippen LogP contribution is 2.46. The average Bonchev–Trinajstić information content (AvgIpc) is 3.17. The quantitative estimate of drug-likeness (QED) is 0.872. The van der Waals surface area contributed by atoms with Crippen molar-refractivity contribution in [2.24, 2.45) is 0 Å². The van der Waals surface area contributed by atoms with E-state index in [1.165, 1.54) is 19.0 Å². The largest absolute Gasteiger partial charge is 0.373 e. The summed E-state index contributed by atoms with van der Waals surface area (Å²) in [6.45, 7) is 0.695. The van der Waals surface area contributed by atoms with Gasteiger partial charge in [0.05, 0.1) is 10.6 Å². The predicted octanol–water partition coefficient (Wildman–Crippen LogP) is 2.40. The third-order valence-electron chi connectivity index (χ3n) is 3.17. The number of carbonyl (C=O) groups is 1. The molecule has 1 amide bonds. The Kier molecular flexibility index (Phi) is 4.02. The summed E-state index contributed by atoms with van der Waals surface area (Å²) in [5, 5.41) is 6.21. The highest BCUT2D eigenvalue weighted by atomic mass is 35.5. The van der Waals surface area contributed by atoms with E-state index in [9.17, 15) is 4.79 Å². The third kappa shape index (κ3) is 2.90. The van der Waals surface area contributed by atoms with Crippen LogP contribution in [0.4, 0.5) is 5.82 Å². The predicted molar refractivity (Wildman–Crippen MR) is 76.6 cm³/mol. The molecule has 98 valence electrons. The first-order valence-corrected chi connectivity index (χ1v) is 7.37. The smallest absolute Gasteiger partial charge is 0.253 e.